The molecule has 0 fully saturated rings. The molecule has 0 aliphatic heterocycles. The van der Waals surface area contributed by atoms with Crippen molar-refractivity contribution in [2.45, 2.75) is 92.2 Å². The summed E-state index contributed by atoms with van der Waals surface area (Å²) in [5.74, 6) is -29.9. The maximum atomic E-state index is 10.1. The van der Waals surface area contributed by atoms with Crippen LogP contribution in [0.1, 0.15) is 64.2 Å². The Morgan fingerprint density at radius 1 is 0.206 bits per heavy atom. The van der Waals surface area contributed by atoms with Crippen LogP contribution in [0.5, 0.6) is 0 Å². The molecule has 0 aromatic carbocycles. The first kappa shape index (κ1) is 79.2. The molecule has 0 spiro atoms. The molecule has 0 unspecified atom stereocenters. The van der Waals surface area contributed by atoms with E-state index in [1.54, 1.807) is 0 Å². The Labute approximate surface area is 421 Å². The Morgan fingerprint density at radius 3 is 0.294 bits per heavy atom. The molecule has 0 heterocycles. The number of carbonyl (C=O) groups is 15. The van der Waals surface area contributed by atoms with Crippen molar-refractivity contribution in [1.82, 2.24) is 0 Å². The third-order valence-electron chi connectivity index (χ3n) is 6.27. The topological polar surface area (TPSA) is 703 Å². The number of carboxylic acids is 15. The van der Waals surface area contributed by atoms with Crippen LogP contribution in [0.4, 0.5) is 0 Å². The third kappa shape index (κ3) is 38.2. The number of rotatable bonds is 25. The van der Waals surface area contributed by atoms with Gasteiger partial charge in [-0.1, -0.05) is 0 Å². The zero-order valence-corrected chi connectivity index (χ0v) is 42.5. The molecule has 0 radical (unpaired) electrons. The fraction of sp³-hybridized carbons (Fsp3) is 0.500. The van der Waals surface area contributed by atoms with Crippen molar-refractivity contribution < 1.29 is 241 Å². The zero-order chi connectivity index (χ0) is 53.2. The molecule has 0 saturated heterocycles. The van der Waals surface area contributed by atoms with Crippen LogP contribution in [-0.4, -0.2) is 143 Å². The summed E-state index contributed by atoms with van der Waals surface area (Å²) in [4.78, 5) is 150. The van der Waals surface area contributed by atoms with Gasteiger partial charge in [0.05, 0.1) is 29.8 Å². The van der Waals surface area contributed by atoms with Gasteiger partial charge in [0.1, 0.15) is 28.0 Å². The maximum Gasteiger partial charge on any atom is 5.00 e. The van der Waals surface area contributed by atoms with Crippen molar-refractivity contribution in [3.8, 4) is 0 Å². The van der Waals surface area contributed by atoms with Gasteiger partial charge in [-0.25, -0.2) is 0 Å². The predicted octanol–water partition coefficient (Wildman–Crippen LogP) is -26.3. The Morgan fingerprint density at radius 2 is 0.265 bits per heavy atom. The number of aliphatic hydroxyl groups is 5. The van der Waals surface area contributed by atoms with Crippen LogP contribution in [0.15, 0.2) is 0 Å². The molecular formula is C30H25O35Ta3. The number of hydrogen-bond acceptors (Lipinski definition) is 35. The molecule has 0 rings (SSSR count). The fourth-order valence-corrected chi connectivity index (χ4v) is 3.42. The summed E-state index contributed by atoms with van der Waals surface area (Å²) in [5.41, 5.74) is -14.9. The van der Waals surface area contributed by atoms with Gasteiger partial charge in [-0.15, -0.1) is 0 Å². The summed E-state index contributed by atoms with van der Waals surface area (Å²) < 4.78 is 0. The number of aliphatic carboxylic acids is 15. The predicted molar refractivity (Wildman–Crippen MR) is 146 cm³/mol. The SMILES string of the molecule is O=C([O-])CC(O)(CC(=O)[O-])C(=O)[O-].O=C([O-])CC(O)(CC(=O)[O-])C(=O)[O-].O=C([O-])CC(O)(CC(=O)[O-])C(=O)[O-].O=C([O-])CC(O)(CC(=O)[O-])C(=O)[O-].O=C([O-])CC(O)(CC(=O)[O-])C(=O)[O-].[Ta+5].[Ta+5].[Ta+5]. The minimum absolute atomic E-state index is 0. The number of carboxylic acid groups (broad SMARTS) is 15. The van der Waals surface area contributed by atoms with Crippen molar-refractivity contribution in [1.29, 1.82) is 0 Å². The first-order chi connectivity index (χ1) is 28.9. The first-order valence-electron chi connectivity index (χ1n) is 15.6. The monoisotopic (exact) mass is 1490 g/mol. The van der Waals surface area contributed by atoms with Crippen LogP contribution in [0.3, 0.4) is 0 Å². The molecule has 0 atom stereocenters. The van der Waals surface area contributed by atoms with E-state index in [4.69, 9.17) is 25.5 Å². The van der Waals surface area contributed by atoms with E-state index in [1.165, 1.54) is 0 Å². The van der Waals surface area contributed by atoms with Gasteiger partial charge in [-0.3, -0.25) is 0 Å². The van der Waals surface area contributed by atoms with Gasteiger partial charge in [0.2, 0.25) is 0 Å². The second-order valence-corrected chi connectivity index (χ2v) is 12.1. The molecule has 5 N–H and O–H groups in total. The van der Waals surface area contributed by atoms with Crippen molar-refractivity contribution in [2.24, 2.45) is 0 Å². The van der Waals surface area contributed by atoms with E-state index in [0.29, 0.717) is 0 Å². The molecule has 0 amide bonds. The van der Waals surface area contributed by atoms with Gasteiger partial charge in [-0.05, 0) is 0 Å². The van der Waals surface area contributed by atoms with Crippen molar-refractivity contribution in [3.63, 3.8) is 0 Å². The summed E-state index contributed by atoms with van der Waals surface area (Å²) >= 11 is 0. The molecule has 0 aliphatic rings. The minimum Gasteiger partial charge on any atom is -0.550 e. The largest absolute Gasteiger partial charge is 5.00 e. The number of carbonyl (C=O) groups excluding carboxylic acids is 15. The fourth-order valence-electron chi connectivity index (χ4n) is 3.42. The van der Waals surface area contributed by atoms with Gasteiger partial charge in [-0.2, -0.15) is 0 Å². The second-order valence-electron chi connectivity index (χ2n) is 12.1. The van der Waals surface area contributed by atoms with Crippen molar-refractivity contribution in [2.75, 3.05) is 0 Å². The molecule has 35 nitrogen and oxygen atoms in total. The first-order valence-corrected chi connectivity index (χ1v) is 15.6. The van der Waals surface area contributed by atoms with Crippen LogP contribution >= 0.6 is 0 Å². The van der Waals surface area contributed by atoms with Gasteiger partial charge >= 0.3 is 67.1 Å². The van der Waals surface area contributed by atoms with E-state index in [0.717, 1.165) is 0 Å². The van der Waals surface area contributed by atoms with Gasteiger partial charge < -0.3 is 174 Å². The third-order valence-corrected chi connectivity index (χ3v) is 6.27. The second kappa shape index (κ2) is 35.2. The summed E-state index contributed by atoms with van der Waals surface area (Å²) in [7, 11) is 0. The minimum atomic E-state index is -2.97. The average Bonchev–Trinajstić information content (AvgIpc) is 3.01. The Kier molecular flexibility index (Phi) is 41.0. The summed E-state index contributed by atoms with van der Waals surface area (Å²) in [6, 6.07) is 0. The van der Waals surface area contributed by atoms with E-state index < -0.39 is 182 Å². The van der Waals surface area contributed by atoms with Crippen LogP contribution in [0.2, 0.25) is 0 Å². The molecule has 0 aliphatic carbocycles. The van der Waals surface area contributed by atoms with Gasteiger partial charge in [0.15, 0.2) is 0 Å². The Bertz CT molecular complexity index is 1460. The molecule has 370 valence electrons. The Hall–Kier alpha value is -5.93. The molecule has 68 heavy (non-hydrogen) atoms. The summed E-state index contributed by atoms with van der Waals surface area (Å²) in [5, 5.41) is 195. The standard InChI is InChI=1S/5C6H8O7.3Ta/c5*7-3(8)1-6(13,5(11)12)2-4(9)10;;;/h5*13H,1-2H2,(H,7,8)(H,9,10)(H,11,12);;;/q;;;;;3*+5/p-15. The van der Waals surface area contributed by atoms with Crippen molar-refractivity contribution >= 4 is 89.5 Å². The molecule has 0 bridgehead atoms. The summed E-state index contributed by atoms with van der Waals surface area (Å²) in [6.45, 7) is 0. The van der Waals surface area contributed by atoms with Crippen LogP contribution in [0.25, 0.3) is 0 Å². The van der Waals surface area contributed by atoms with Crippen LogP contribution in [-0.2, 0) is 139 Å². The molecule has 0 aromatic heterocycles. The average molecular weight is 1490 g/mol. The van der Waals surface area contributed by atoms with Crippen molar-refractivity contribution in [3.05, 3.63) is 0 Å². The van der Waals surface area contributed by atoms with Crippen LogP contribution < -0.4 is 76.6 Å². The van der Waals surface area contributed by atoms with Crippen LogP contribution in [0, 0.1) is 0 Å². The molecule has 0 saturated carbocycles. The molecule has 0 aromatic rings. The maximum absolute atomic E-state index is 10.1. The zero-order valence-electron chi connectivity index (χ0n) is 32.9. The van der Waals surface area contributed by atoms with E-state index in [1.807, 2.05) is 0 Å². The summed E-state index contributed by atoms with van der Waals surface area (Å²) in [6.07, 6.45) is -13.6. The van der Waals surface area contributed by atoms with E-state index >= 15 is 0 Å². The van der Waals surface area contributed by atoms with E-state index in [-0.39, 0.29) is 67.1 Å². The normalized spacial score (nSPS) is 10.4. The van der Waals surface area contributed by atoms with Gasteiger partial charge in [0.25, 0.3) is 0 Å². The van der Waals surface area contributed by atoms with E-state index in [9.17, 15) is 149 Å². The quantitative estimate of drug-likeness (QED) is 0.0567. The molecular weight excluding hydrogens is 1460 g/mol. The number of hydrogen-bond donors (Lipinski definition) is 5. The van der Waals surface area contributed by atoms with E-state index in [2.05, 4.69) is 0 Å². The Balaban J connectivity index is -0.000000109. The van der Waals surface area contributed by atoms with Gasteiger partial charge in [0, 0.05) is 124 Å². The smallest absolute Gasteiger partial charge is 0.550 e. The molecule has 38 heteroatoms.